The summed E-state index contributed by atoms with van der Waals surface area (Å²) in [6.07, 6.45) is 0. The first kappa shape index (κ1) is 13.2. The van der Waals surface area contributed by atoms with Gasteiger partial charge >= 0.3 is 0 Å². The number of rotatable bonds is 0. The summed E-state index contributed by atoms with van der Waals surface area (Å²) < 4.78 is 5.31. The van der Waals surface area contributed by atoms with Crippen molar-refractivity contribution < 1.29 is 4.52 Å². The first-order valence-corrected chi connectivity index (χ1v) is 4.69. The van der Waals surface area contributed by atoms with Gasteiger partial charge < -0.3 is 4.52 Å². The first-order valence-electron chi connectivity index (χ1n) is 4.69. The SMILES string of the molecule is C.CC(C)(C)c1cc(C(C)(C)C)on1. The highest BCUT2D eigenvalue weighted by molar-refractivity contribution is 5.18. The summed E-state index contributed by atoms with van der Waals surface area (Å²) in [5.74, 6) is 0.956. The Labute approximate surface area is 87.7 Å². The summed E-state index contributed by atoms with van der Waals surface area (Å²) in [5, 5.41) is 4.08. The molecule has 0 aliphatic carbocycles. The highest BCUT2D eigenvalue weighted by atomic mass is 16.5. The monoisotopic (exact) mass is 197 g/mol. The van der Waals surface area contributed by atoms with Crippen molar-refractivity contribution in [3.05, 3.63) is 17.5 Å². The zero-order valence-corrected chi connectivity index (χ0v) is 9.43. The number of hydrogen-bond acceptors (Lipinski definition) is 2. The van der Waals surface area contributed by atoms with Crippen LogP contribution in [0.4, 0.5) is 0 Å². The van der Waals surface area contributed by atoms with Crippen LogP contribution in [0.3, 0.4) is 0 Å². The Kier molecular flexibility index (Phi) is 3.54. The van der Waals surface area contributed by atoms with Crippen LogP contribution in [0.2, 0.25) is 0 Å². The average Bonchev–Trinajstić information content (AvgIpc) is 2.28. The molecule has 82 valence electrons. The van der Waals surface area contributed by atoms with Crippen molar-refractivity contribution in [1.82, 2.24) is 5.16 Å². The molecular formula is C12H23NO. The molecule has 1 heterocycles. The molecule has 2 heteroatoms. The third kappa shape index (κ3) is 2.86. The van der Waals surface area contributed by atoms with Crippen LogP contribution in [0.25, 0.3) is 0 Å². The van der Waals surface area contributed by atoms with Gasteiger partial charge in [0.25, 0.3) is 0 Å². The largest absolute Gasteiger partial charge is 0.361 e. The highest BCUT2D eigenvalue weighted by Crippen LogP contribution is 2.27. The van der Waals surface area contributed by atoms with Gasteiger partial charge in [0.05, 0.1) is 5.69 Å². The van der Waals surface area contributed by atoms with E-state index in [0.29, 0.717) is 0 Å². The van der Waals surface area contributed by atoms with E-state index in [1.807, 2.05) is 0 Å². The van der Waals surface area contributed by atoms with Crippen molar-refractivity contribution >= 4 is 0 Å². The molecule has 0 aromatic carbocycles. The molecule has 14 heavy (non-hydrogen) atoms. The van der Waals surface area contributed by atoms with Gasteiger partial charge in [0, 0.05) is 16.9 Å². The Bertz CT molecular complexity index is 258. The summed E-state index contributed by atoms with van der Waals surface area (Å²) in [5.41, 5.74) is 1.15. The Hall–Kier alpha value is -0.790. The highest BCUT2D eigenvalue weighted by Gasteiger charge is 2.24. The molecule has 0 amide bonds. The van der Waals surface area contributed by atoms with E-state index in [1.165, 1.54) is 0 Å². The lowest BCUT2D eigenvalue weighted by Gasteiger charge is -2.14. The quantitative estimate of drug-likeness (QED) is 0.630. The van der Waals surface area contributed by atoms with E-state index in [-0.39, 0.29) is 18.3 Å². The molecule has 1 aromatic heterocycles. The van der Waals surface area contributed by atoms with E-state index in [2.05, 4.69) is 52.8 Å². The van der Waals surface area contributed by atoms with Gasteiger partial charge in [-0.25, -0.2) is 0 Å². The van der Waals surface area contributed by atoms with Crippen LogP contribution in [0.5, 0.6) is 0 Å². The second-order valence-electron chi connectivity index (χ2n) is 5.58. The molecule has 0 spiro atoms. The van der Waals surface area contributed by atoms with Gasteiger partial charge in [-0.2, -0.15) is 0 Å². The number of aromatic nitrogens is 1. The molecule has 2 nitrogen and oxygen atoms in total. The minimum absolute atomic E-state index is 0. The second kappa shape index (κ2) is 3.76. The molecule has 0 atom stereocenters. The first-order chi connectivity index (χ1) is 5.71. The van der Waals surface area contributed by atoms with Gasteiger partial charge in [0.15, 0.2) is 0 Å². The minimum atomic E-state index is 0. The molecule has 0 bridgehead atoms. The minimum Gasteiger partial charge on any atom is -0.361 e. The van der Waals surface area contributed by atoms with Gasteiger partial charge in [-0.05, 0) is 0 Å². The topological polar surface area (TPSA) is 26.0 Å². The second-order valence-corrected chi connectivity index (χ2v) is 5.58. The number of nitrogens with zero attached hydrogens (tertiary/aromatic N) is 1. The molecule has 0 saturated heterocycles. The van der Waals surface area contributed by atoms with Crippen LogP contribution >= 0.6 is 0 Å². The molecule has 1 rings (SSSR count). The predicted molar refractivity (Wildman–Crippen MR) is 60.6 cm³/mol. The molecule has 0 aliphatic rings. The van der Waals surface area contributed by atoms with E-state index < -0.39 is 0 Å². The van der Waals surface area contributed by atoms with E-state index in [1.54, 1.807) is 0 Å². The average molecular weight is 197 g/mol. The van der Waals surface area contributed by atoms with Crippen LogP contribution in [0, 0.1) is 0 Å². The maximum absolute atomic E-state index is 5.31. The maximum Gasteiger partial charge on any atom is 0.142 e. The number of hydrogen-bond donors (Lipinski definition) is 0. The van der Waals surface area contributed by atoms with Crippen LogP contribution < -0.4 is 0 Å². The Balaban J connectivity index is 0.00000169. The van der Waals surface area contributed by atoms with Crippen LogP contribution in [-0.2, 0) is 10.8 Å². The van der Waals surface area contributed by atoms with Crippen LogP contribution in [0.1, 0.15) is 60.4 Å². The smallest absolute Gasteiger partial charge is 0.142 e. The van der Waals surface area contributed by atoms with E-state index in [9.17, 15) is 0 Å². The fraction of sp³-hybridized carbons (Fsp3) is 0.750. The van der Waals surface area contributed by atoms with E-state index >= 15 is 0 Å². The third-order valence-electron chi connectivity index (χ3n) is 2.02. The third-order valence-corrected chi connectivity index (χ3v) is 2.02. The fourth-order valence-corrected chi connectivity index (χ4v) is 0.982. The van der Waals surface area contributed by atoms with Gasteiger partial charge in [-0.15, -0.1) is 0 Å². The Morgan fingerprint density at radius 3 is 1.71 bits per heavy atom. The fourth-order valence-electron chi connectivity index (χ4n) is 0.982. The molecule has 0 saturated carbocycles. The van der Waals surface area contributed by atoms with Gasteiger partial charge in [0.1, 0.15) is 5.76 Å². The lowest BCUT2D eigenvalue weighted by molar-refractivity contribution is 0.319. The van der Waals surface area contributed by atoms with Gasteiger partial charge in [-0.1, -0.05) is 54.1 Å². The molecule has 1 aromatic rings. The van der Waals surface area contributed by atoms with Crippen molar-refractivity contribution in [2.45, 2.75) is 59.8 Å². The normalized spacial score (nSPS) is 12.4. The molecule has 0 fully saturated rings. The lowest BCUT2D eigenvalue weighted by atomic mass is 9.88. The maximum atomic E-state index is 5.31. The van der Waals surface area contributed by atoms with Crippen molar-refractivity contribution in [1.29, 1.82) is 0 Å². The predicted octanol–water partition coefficient (Wildman–Crippen LogP) is 3.91. The summed E-state index contributed by atoms with van der Waals surface area (Å²) in [6, 6.07) is 2.06. The zero-order valence-electron chi connectivity index (χ0n) is 9.43. The van der Waals surface area contributed by atoms with Gasteiger partial charge in [-0.3, -0.25) is 0 Å². The van der Waals surface area contributed by atoms with Gasteiger partial charge in [0.2, 0.25) is 0 Å². The van der Waals surface area contributed by atoms with Crippen molar-refractivity contribution in [3.63, 3.8) is 0 Å². The summed E-state index contributed by atoms with van der Waals surface area (Å²) in [6.45, 7) is 12.8. The summed E-state index contributed by atoms with van der Waals surface area (Å²) in [7, 11) is 0. The zero-order chi connectivity index (χ0) is 10.3. The molecular weight excluding hydrogens is 174 g/mol. The Morgan fingerprint density at radius 1 is 1.00 bits per heavy atom. The van der Waals surface area contributed by atoms with E-state index in [4.69, 9.17) is 4.52 Å². The van der Waals surface area contributed by atoms with Crippen LogP contribution in [0.15, 0.2) is 10.6 Å². The van der Waals surface area contributed by atoms with Crippen LogP contribution in [-0.4, -0.2) is 5.16 Å². The summed E-state index contributed by atoms with van der Waals surface area (Å²) in [4.78, 5) is 0. The van der Waals surface area contributed by atoms with E-state index in [0.717, 1.165) is 11.5 Å². The standard InChI is InChI=1S/C11H19NO.CH4/c1-10(2,3)8-7-9(13-12-8)11(4,5)6;/h7H,1-6H3;1H4. The Morgan fingerprint density at radius 2 is 1.50 bits per heavy atom. The molecule has 0 unspecified atom stereocenters. The molecule has 0 aliphatic heterocycles. The molecule has 0 radical (unpaired) electrons. The van der Waals surface area contributed by atoms with Crippen molar-refractivity contribution in [2.24, 2.45) is 0 Å². The lowest BCUT2D eigenvalue weighted by Crippen LogP contribution is -2.12. The molecule has 0 N–H and O–H groups in total. The summed E-state index contributed by atoms with van der Waals surface area (Å²) >= 11 is 0. The van der Waals surface area contributed by atoms with Crippen molar-refractivity contribution in [2.75, 3.05) is 0 Å². The van der Waals surface area contributed by atoms with Crippen molar-refractivity contribution in [3.8, 4) is 0 Å².